The zero-order valence-electron chi connectivity index (χ0n) is 11.7. The number of hydrogen-bond acceptors (Lipinski definition) is 3. The Hall–Kier alpha value is -0.610. The van der Waals surface area contributed by atoms with Crippen molar-refractivity contribution in [3.05, 3.63) is 0 Å². The van der Waals surface area contributed by atoms with Gasteiger partial charge in [-0.3, -0.25) is 4.79 Å². The van der Waals surface area contributed by atoms with Crippen molar-refractivity contribution in [2.75, 3.05) is 19.8 Å². The summed E-state index contributed by atoms with van der Waals surface area (Å²) < 4.78 is 5.37. The van der Waals surface area contributed by atoms with E-state index in [0.29, 0.717) is 38.0 Å². The third-order valence-corrected chi connectivity index (χ3v) is 2.92. The van der Waals surface area contributed by atoms with Gasteiger partial charge in [0, 0.05) is 13.0 Å². The Morgan fingerprint density at radius 3 is 2.47 bits per heavy atom. The fourth-order valence-corrected chi connectivity index (χ4v) is 1.42. The highest BCUT2D eigenvalue weighted by Gasteiger charge is 2.16. The molecule has 4 heteroatoms. The van der Waals surface area contributed by atoms with E-state index in [1.165, 1.54) is 0 Å². The van der Waals surface area contributed by atoms with E-state index in [-0.39, 0.29) is 11.9 Å². The van der Waals surface area contributed by atoms with Crippen LogP contribution in [0.3, 0.4) is 0 Å². The summed E-state index contributed by atoms with van der Waals surface area (Å²) in [6, 6.07) is 0.107. The maximum absolute atomic E-state index is 11.7. The Morgan fingerprint density at radius 1 is 1.35 bits per heavy atom. The molecule has 4 nitrogen and oxygen atoms in total. The smallest absolute Gasteiger partial charge is 0.220 e. The first-order valence-corrected chi connectivity index (χ1v) is 6.58. The van der Waals surface area contributed by atoms with Crippen molar-refractivity contribution in [1.82, 2.24) is 5.32 Å². The number of amides is 1. The maximum atomic E-state index is 11.7. The van der Waals surface area contributed by atoms with E-state index in [9.17, 15) is 4.79 Å². The summed E-state index contributed by atoms with van der Waals surface area (Å²) in [6.45, 7) is 10.1. The summed E-state index contributed by atoms with van der Waals surface area (Å²) in [5.41, 5.74) is 5.52. The molecule has 0 rings (SSSR count). The van der Waals surface area contributed by atoms with Crippen LogP contribution >= 0.6 is 0 Å². The van der Waals surface area contributed by atoms with Gasteiger partial charge in [0.2, 0.25) is 5.91 Å². The lowest BCUT2D eigenvalue weighted by molar-refractivity contribution is -0.122. The van der Waals surface area contributed by atoms with Gasteiger partial charge in [-0.25, -0.2) is 0 Å². The quantitative estimate of drug-likeness (QED) is 0.646. The second kappa shape index (κ2) is 9.42. The minimum absolute atomic E-state index is 0.101. The van der Waals surface area contributed by atoms with Crippen LogP contribution < -0.4 is 11.1 Å². The number of rotatable bonds is 9. The number of nitrogens with one attached hydrogen (secondary N) is 1. The number of ether oxygens (including phenoxy) is 1. The molecular formula is C13H28N2O2. The van der Waals surface area contributed by atoms with Gasteiger partial charge < -0.3 is 15.8 Å². The summed E-state index contributed by atoms with van der Waals surface area (Å²) in [6.07, 6.45) is 1.40. The van der Waals surface area contributed by atoms with Crippen LogP contribution in [0.25, 0.3) is 0 Å². The predicted molar refractivity (Wildman–Crippen MR) is 70.7 cm³/mol. The van der Waals surface area contributed by atoms with Gasteiger partial charge in [0.05, 0.1) is 12.6 Å². The van der Waals surface area contributed by atoms with Crippen LogP contribution in [-0.4, -0.2) is 31.7 Å². The first kappa shape index (κ1) is 16.4. The van der Waals surface area contributed by atoms with Crippen molar-refractivity contribution in [2.45, 2.75) is 46.6 Å². The molecule has 1 amide bonds. The Bertz CT molecular complexity index is 208. The second-order valence-electron chi connectivity index (χ2n) is 4.96. The molecule has 0 bridgehead atoms. The van der Waals surface area contributed by atoms with Crippen molar-refractivity contribution in [3.8, 4) is 0 Å². The van der Waals surface area contributed by atoms with Crippen molar-refractivity contribution in [1.29, 1.82) is 0 Å². The number of hydrogen-bond donors (Lipinski definition) is 2. The lowest BCUT2D eigenvalue weighted by Gasteiger charge is -2.22. The SMILES string of the molecule is CCOCC(NC(=O)CCC(C)CN)C(C)C. The van der Waals surface area contributed by atoms with Crippen LogP contribution in [0.1, 0.15) is 40.5 Å². The van der Waals surface area contributed by atoms with Gasteiger partial charge in [0.1, 0.15) is 0 Å². The molecule has 0 radical (unpaired) electrons. The predicted octanol–water partition coefficient (Wildman–Crippen LogP) is 1.54. The summed E-state index contributed by atoms with van der Waals surface area (Å²) in [4.78, 5) is 11.7. The van der Waals surface area contributed by atoms with Crippen molar-refractivity contribution in [2.24, 2.45) is 17.6 Å². The van der Waals surface area contributed by atoms with Crippen LogP contribution in [-0.2, 0) is 9.53 Å². The largest absolute Gasteiger partial charge is 0.380 e. The van der Waals surface area contributed by atoms with Gasteiger partial charge in [0.25, 0.3) is 0 Å². The topological polar surface area (TPSA) is 64.3 Å². The van der Waals surface area contributed by atoms with E-state index >= 15 is 0 Å². The van der Waals surface area contributed by atoms with Gasteiger partial charge in [-0.05, 0) is 31.7 Å². The van der Waals surface area contributed by atoms with Crippen molar-refractivity contribution >= 4 is 5.91 Å². The van der Waals surface area contributed by atoms with Crippen LogP contribution in [0.15, 0.2) is 0 Å². The minimum Gasteiger partial charge on any atom is -0.380 e. The number of nitrogens with two attached hydrogens (primary N) is 1. The van der Waals surface area contributed by atoms with Gasteiger partial charge in [-0.2, -0.15) is 0 Å². The fraction of sp³-hybridized carbons (Fsp3) is 0.923. The summed E-state index contributed by atoms with van der Waals surface area (Å²) in [5, 5.41) is 3.03. The monoisotopic (exact) mass is 244 g/mol. The molecule has 0 saturated heterocycles. The zero-order valence-corrected chi connectivity index (χ0v) is 11.7. The molecule has 0 aromatic rings. The van der Waals surface area contributed by atoms with Gasteiger partial charge in [-0.1, -0.05) is 20.8 Å². The van der Waals surface area contributed by atoms with E-state index in [0.717, 1.165) is 6.42 Å². The molecule has 0 aromatic carbocycles. The molecular weight excluding hydrogens is 216 g/mol. The Morgan fingerprint density at radius 2 is 2.00 bits per heavy atom. The highest BCUT2D eigenvalue weighted by Crippen LogP contribution is 2.06. The molecule has 0 aliphatic heterocycles. The number of carbonyl (C=O) groups is 1. The van der Waals surface area contributed by atoms with Crippen LogP contribution in [0.5, 0.6) is 0 Å². The van der Waals surface area contributed by atoms with Crippen LogP contribution in [0, 0.1) is 11.8 Å². The lowest BCUT2D eigenvalue weighted by Crippen LogP contribution is -2.42. The molecule has 0 aromatic heterocycles. The minimum atomic E-state index is 0.101. The van der Waals surface area contributed by atoms with E-state index < -0.39 is 0 Å². The van der Waals surface area contributed by atoms with E-state index in [2.05, 4.69) is 26.1 Å². The molecule has 0 spiro atoms. The highest BCUT2D eigenvalue weighted by atomic mass is 16.5. The van der Waals surface area contributed by atoms with Gasteiger partial charge in [0.15, 0.2) is 0 Å². The normalized spacial score (nSPS) is 14.7. The molecule has 0 fully saturated rings. The van der Waals surface area contributed by atoms with Crippen LogP contribution in [0.2, 0.25) is 0 Å². The van der Waals surface area contributed by atoms with E-state index in [4.69, 9.17) is 10.5 Å². The first-order valence-electron chi connectivity index (χ1n) is 6.58. The fourth-order valence-electron chi connectivity index (χ4n) is 1.42. The average molecular weight is 244 g/mol. The molecule has 0 saturated carbocycles. The number of carbonyl (C=O) groups excluding carboxylic acids is 1. The molecule has 102 valence electrons. The summed E-state index contributed by atoms with van der Waals surface area (Å²) in [5.74, 6) is 0.895. The molecule has 2 atom stereocenters. The molecule has 0 aliphatic carbocycles. The molecule has 2 unspecified atom stereocenters. The third kappa shape index (κ3) is 8.16. The van der Waals surface area contributed by atoms with Gasteiger partial charge in [-0.15, -0.1) is 0 Å². The van der Waals surface area contributed by atoms with Gasteiger partial charge >= 0.3 is 0 Å². The van der Waals surface area contributed by atoms with Crippen molar-refractivity contribution in [3.63, 3.8) is 0 Å². The molecule has 17 heavy (non-hydrogen) atoms. The van der Waals surface area contributed by atoms with E-state index in [1.54, 1.807) is 0 Å². The second-order valence-corrected chi connectivity index (χ2v) is 4.96. The Kier molecular flexibility index (Phi) is 9.09. The zero-order chi connectivity index (χ0) is 13.3. The van der Waals surface area contributed by atoms with Crippen LogP contribution in [0.4, 0.5) is 0 Å². The summed E-state index contributed by atoms with van der Waals surface area (Å²) >= 11 is 0. The first-order chi connectivity index (χ1) is 8.01. The summed E-state index contributed by atoms with van der Waals surface area (Å²) in [7, 11) is 0. The lowest BCUT2D eigenvalue weighted by atomic mass is 10.0. The van der Waals surface area contributed by atoms with Crippen molar-refractivity contribution < 1.29 is 9.53 Å². The molecule has 0 heterocycles. The molecule has 0 aliphatic rings. The third-order valence-electron chi connectivity index (χ3n) is 2.92. The molecule has 3 N–H and O–H groups in total. The Labute approximate surface area is 105 Å². The average Bonchev–Trinajstić information content (AvgIpc) is 2.30. The standard InChI is InChI=1S/C13H28N2O2/c1-5-17-9-12(10(2)3)15-13(16)7-6-11(4)8-14/h10-12H,5-9,14H2,1-4H3,(H,15,16). The van der Waals surface area contributed by atoms with E-state index in [1.807, 2.05) is 6.92 Å². The Balaban J connectivity index is 3.95. The highest BCUT2D eigenvalue weighted by molar-refractivity contribution is 5.76. The maximum Gasteiger partial charge on any atom is 0.220 e.